The zero-order valence-electron chi connectivity index (χ0n) is 22.9. The molecule has 1 fully saturated rings. The Labute approximate surface area is 239 Å². The number of epoxide rings is 1. The number of nitrogens with one attached hydrogen (secondary N) is 1. The number of halogens is 3. The molecule has 0 saturated carbocycles. The van der Waals surface area contributed by atoms with Crippen molar-refractivity contribution in [3.63, 3.8) is 0 Å². The summed E-state index contributed by atoms with van der Waals surface area (Å²) in [7, 11) is 0. The first kappa shape index (κ1) is 30.6. The largest absolute Gasteiger partial charge is 0.491 e. The SMILES string of the molecule is CCOC(=O)C1=C(C(F)(F)F)NC(C)=C(C(=O)OCCCc2ccc(OCC3CO3)cc2)C1c1cccc([N+](=O)[O-])c1. The molecule has 2 aromatic carbocycles. The molecule has 0 aliphatic carbocycles. The molecule has 0 aromatic heterocycles. The number of carbonyl (C=O) groups is 2. The molecule has 0 bridgehead atoms. The average Bonchev–Trinajstić information content (AvgIpc) is 3.78. The summed E-state index contributed by atoms with van der Waals surface area (Å²) in [6.45, 7) is 3.53. The third-order valence-electron chi connectivity index (χ3n) is 6.58. The van der Waals surface area contributed by atoms with E-state index in [1.165, 1.54) is 26.0 Å². The topological polar surface area (TPSA) is 130 Å². The van der Waals surface area contributed by atoms with Crippen molar-refractivity contribution in [1.82, 2.24) is 5.32 Å². The average molecular weight is 591 g/mol. The van der Waals surface area contributed by atoms with Crippen LogP contribution in [0.5, 0.6) is 5.75 Å². The van der Waals surface area contributed by atoms with Crippen LogP contribution in [0.2, 0.25) is 0 Å². The summed E-state index contributed by atoms with van der Waals surface area (Å²) in [6, 6.07) is 12.1. The van der Waals surface area contributed by atoms with Crippen molar-refractivity contribution in [2.75, 3.05) is 26.4 Å². The Kier molecular flexibility index (Phi) is 9.51. The summed E-state index contributed by atoms with van der Waals surface area (Å²) in [5.74, 6) is -3.22. The normalized spacial score (nSPS) is 18.3. The number of rotatable bonds is 12. The molecule has 2 unspecified atom stereocenters. The maximum atomic E-state index is 14.1. The smallest absolute Gasteiger partial charge is 0.431 e. The van der Waals surface area contributed by atoms with Crippen LogP contribution in [0.4, 0.5) is 18.9 Å². The van der Waals surface area contributed by atoms with E-state index in [0.717, 1.165) is 17.7 Å². The first-order valence-electron chi connectivity index (χ1n) is 13.2. The van der Waals surface area contributed by atoms with Crippen LogP contribution in [0.3, 0.4) is 0 Å². The first-order valence-corrected chi connectivity index (χ1v) is 13.2. The van der Waals surface area contributed by atoms with Gasteiger partial charge in [-0.15, -0.1) is 0 Å². The van der Waals surface area contributed by atoms with E-state index in [4.69, 9.17) is 18.9 Å². The molecule has 2 atom stereocenters. The van der Waals surface area contributed by atoms with Gasteiger partial charge in [0.25, 0.3) is 5.69 Å². The number of hydrogen-bond acceptors (Lipinski definition) is 9. The lowest BCUT2D eigenvalue weighted by Crippen LogP contribution is -2.38. The minimum Gasteiger partial charge on any atom is -0.491 e. The number of alkyl halides is 3. The van der Waals surface area contributed by atoms with Crippen molar-refractivity contribution in [1.29, 1.82) is 0 Å². The second-order valence-electron chi connectivity index (χ2n) is 9.61. The van der Waals surface area contributed by atoms with Crippen molar-refractivity contribution in [2.45, 2.75) is 44.9 Å². The molecule has 13 heteroatoms. The van der Waals surface area contributed by atoms with Gasteiger partial charge in [-0.05, 0) is 49.9 Å². The highest BCUT2D eigenvalue weighted by atomic mass is 19.4. The van der Waals surface area contributed by atoms with Crippen LogP contribution < -0.4 is 10.1 Å². The number of carbonyl (C=O) groups excluding carboxylic acids is 2. The zero-order chi connectivity index (χ0) is 30.4. The van der Waals surface area contributed by atoms with E-state index >= 15 is 0 Å². The molecule has 4 rings (SSSR count). The Morgan fingerprint density at radius 1 is 1.10 bits per heavy atom. The van der Waals surface area contributed by atoms with Gasteiger partial charge >= 0.3 is 18.1 Å². The van der Waals surface area contributed by atoms with Gasteiger partial charge in [0.2, 0.25) is 0 Å². The van der Waals surface area contributed by atoms with Gasteiger partial charge in [-0.2, -0.15) is 13.2 Å². The monoisotopic (exact) mass is 590 g/mol. The minimum absolute atomic E-state index is 0.0703. The van der Waals surface area contributed by atoms with Gasteiger partial charge < -0.3 is 24.3 Å². The minimum atomic E-state index is -5.02. The molecule has 1 N–H and O–H groups in total. The van der Waals surface area contributed by atoms with Crippen molar-refractivity contribution < 1.29 is 46.6 Å². The summed E-state index contributed by atoms with van der Waals surface area (Å²) in [4.78, 5) is 37.0. The van der Waals surface area contributed by atoms with E-state index < -0.39 is 45.9 Å². The lowest BCUT2D eigenvalue weighted by molar-refractivity contribution is -0.384. The number of dihydropyridines is 1. The molecule has 2 heterocycles. The van der Waals surface area contributed by atoms with E-state index in [1.807, 2.05) is 24.3 Å². The molecule has 2 aliphatic heterocycles. The number of ether oxygens (including phenoxy) is 4. The van der Waals surface area contributed by atoms with Gasteiger partial charge in [-0.3, -0.25) is 10.1 Å². The molecular formula is C29H29F3N2O8. The molecule has 0 amide bonds. The molecule has 2 aromatic rings. The second-order valence-corrected chi connectivity index (χ2v) is 9.61. The third-order valence-corrected chi connectivity index (χ3v) is 6.58. The number of nitro groups is 1. The summed E-state index contributed by atoms with van der Waals surface area (Å²) >= 11 is 0. The highest BCUT2D eigenvalue weighted by Gasteiger charge is 2.47. The van der Waals surface area contributed by atoms with Crippen LogP contribution in [-0.4, -0.2) is 55.6 Å². The lowest BCUT2D eigenvalue weighted by Gasteiger charge is -2.32. The Morgan fingerprint density at radius 3 is 2.40 bits per heavy atom. The van der Waals surface area contributed by atoms with Crippen molar-refractivity contribution in [3.05, 3.63) is 92.3 Å². The van der Waals surface area contributed by atoms with Crippen LogP contribution >= 0.6 is 0 Å². The van der Waals surface area contributed by atoms with Gasteiger partial charge in [-0.25, -0.2) is 9.59 Å². The fourth-order valence-corrected chi connectivity index (χ4v) is 4.53. The predicted octanol–water partition coefficient (Wildman–Crippen LogP) is 4.89. The highest BCUT2D eigenvalue weighted by molar-refractivity contribution is 6.00. The Morgan fingerprint density at radius 2 is 1.79 bits per heavy atom. The fraction of sp³-hybridized carbons (Fsp3) is 0.379. The number of allylic oxidation sites excluding steroid dienone is 2. The number of aryl methyl sites for hydroxylation is 1. The number of esters is 2. The van der Waals surface area contributed by atoms with Gasteiger partial charge in [0, 0.05) is 17.8 Å². The lowest BCUT2D eigenvalue weighted by atomic mass is 9.80. The predicted molar refractivity (Wildman–Crippen MR) is 142 cm³/mol. The molecule has 1 saturated heterocycles. The molecule has 224 valence electrons. The van der Waals surface area contributed by atoms with E-state index in [9.17, 15) is 32.9 Å². The van der Waals surface area contributed by atoms with Gasteiger partial charge in [-0.1, -0.05) is 24.3 Å². The number of non-ortho nitro benzene ring substituents is 1. The van der Waals surface area contributed by atoms with Crippen LogP contribution in [0, 0.1) is 10.1 Å². The van der Waals surface area contributed by atoms with Crippen molar-refractivity contribution in [3.8, 4) is 5.75 Å². The van der Waals surface area contributed by atoms with Gasteiger partial charge in [0.05, 0.1) is 41.8 Å². The van der Waals surface area contributed by atoms with E-state index in [-0.39, 0.29) is 36.2 Å². The van der Waals surface area contributed by atoms with Crippen LogP contribution in [0.25, 0.3) is 0 Å². The van der Waals surface area contributed by atoms with Gasteiger partial charge in [0.15, 0.2) is 0 Å². The standard InChI is InChI=1S/C29H29F3N2O8/c1-3-39-28(36)25-24(19-7-4-8-20(14-19)34(37)38)23(17(2)33-26(25)29(30,31)32)27(35)40-13-5-6-18-9-11-21(12-10-18)41-15-22-16-42-22/h4,7-12,14,22,24,33H,3,5-6,13,15-16H2,1-2H3. The van der Waals surface area contributed by atoms with Crippen molar-refractivity contribution in [2.24, 2.45) is 0 Å². The Hall–Kier alpha value is -4.39. The van der Waals surface area contributed by atoms with Crippen LogP contribution in [0.1, 0.15) is 37.3 Å². The summed E-state index contributed by atoms with van der Waals surface area (Å²) in [5, 5.41) is 13.6. The van der Waals surface area contributed by atoms with E-state index in [0.29, 0.717) is 31.8 Å². The second kappa shape index (κ2) is 13.1. The summed E-state index contributed by atoms with van der Waals surface area (Å²) in [6.07, 6.45) is -3.95. The Bertz CT molecular complexity index is 1400. The molecule has 42 heavy (non-hydrogen) atoms. The van der Waals surface area contributed by atoms with E-state index in [2.05, 4.69) is 5.32 Å². The molecule has 10 nitrogen and oxygen atoms in total. The first-order chi connectivity index (χ1) is 20.0. The number of benzene rings is 2. The summed E-state index contributed by atoms with van der Waals surface area (Å²) in [5.41, 5.74) is -2.34. The molecule has 0 radical (unpaired) electrons. The third kappa shape index (κ3) is 7.46. The van der Waals surface area contributed by atoms with Crippen LogP contribution in [0.15, 0.2) is 71.1 Å². The fourth-order valence-electron chi connectivity index (χ4n) is 4.53. The zero-order valence-corrected chi connectivity index (χ0v) is 22.9. The quantitative estimate of drug-likeness (QED) is 0.121. The maximum absolute atomic E-state index is 14.1. The van der Waals surface area contributed by atoms with E-state index in [1.54, 1.807) is 0 Å². The maximum Gasteiger partial charge on any atom is 0.431 e. The number of nitrogens with zero attached hydrogens (tertiary/aromatic N) is 1. The van der Waals surface area contributed by atoms with Crippen LogP contribution in [-0.2, 0) is 30.2 Å². The Balaban J connectivity index is 1.54. The number of hydrogen-bond donors (Lipinski definition) is 1. The molecule has 2 aliphatic rings. The number of nitro benzene ring substituents is 1. The van der Waals surface area contributed by atoms with Gasteiger partial charge in [0.1, 0.15) is 24.2 Å². The molecule has 0 spiro atoms. The highest BCUT2D eigenvalue weighted by Crippen LogP contribution is 2.44. The summed E-state index contributed by atoms with van der Waals surface area (Å²) < 4.78 is 63.4. The molecular weight excluding hydrogens is 561 g/mol. The van der Waals surface area contributed by atoms with Crippen molar-refractivity contribution >= 4 is 17.6 Å².